The standard InChI is InChI=1S/C10H15N3OS2/c1-10(2,3)11-9(15)13-12-8(14)7-4-5-16-6-7/h4-6H,1-3H3,(H,12,14)(H2,11,13,15). The molecule has 16 heavy (non-hydrogen) atoms. The molecule has 0 radical (unpaired) electrons. The Kier molecular flexibility index (Phi) is 4.26. The van der Waals surface area contributed by atoms with Crippen molar-refractivity contribution in [3.63, 3.8) is 0 Å². The van der Waals surface area contributed by atoms with Crippen LogP contribution in [0.2, 0.25) is 0 Å². The number of nitrogens with one attached hydrogen (secondary N) is 3. The zero-order valence-corrected chi connectivity index (χ0v) is 11.1. The van der Waals surface area contributed by atoms with Gasteiger partial charge in [-0.2, -0.15) is 11.3 Å². The first-order chi connectivity index (χ1) is 7.38. The van der Waals surface area contributed by atoms with Crippen LogP contribution in [-0.2, 0) is 0 Å². The summed E-state index contributed by atoms with van der Waals surface area (Å²) in [6.07, 6.45) is 0. The van der Waals surface area contributed by atoms with Crippen molar-refractivity contribution in [2.75, 3.05) is 0 Å². The van der Waals surface area contributed by atoms with E-state index in [9.17, 15) is 4.79 Å². The van der Waals surface area contributed by atoms with Crippen molar-refractivity contribution in [3.05, 3.63) is 22.4 Å². The first-order valence-corrected chi connectivity index (χ1v) is 6.14. The minimum atomic E-state index is -0.195. The molecule has 0 saturated carbocycles. The largest absolute Gasteiger partial charge is 0.357 e. The van der Waals surface area contributed by atoms with E-state index in [1.54, 1.807) is 11.4 Å². The third kappa shape index (κ3) is 4.59. The fourth-order valence-electron chi connectivity index (χ4n) is 0.951. The van der Waals surface area contributed by atoms with Gasteiger partial charge in [0, 0.05) is 10.9 Å². The van der Waals surface area contributed by atoms with Gasteiger partial charge < -0.3 is 5.32 Å². The van der Waals surface area contributed by atoms with E-state index in [2.05, 4.69) is 16.2 Å². The van der Waals surface area contributed by atoms with Gasteiger partial charge in [-0.3, -0.25) is 15.6 Å². The average molecular weight is 257 g/mol. The summed E-state index contributed by atoms with van der Waals surface area (Å²) in [6, 6.07) is 1.75. The van der Waals surface area contributed by atoms with Gasteiger partial charge in [0.15, 0.2) is 5.11 Å². The first kappa shape index (κ1) is 12.9. The van der Waals surface area contributed by atoms with Crippen molar-refractivity contribution in [3.8, 4) is 0 Å². The number of hydrogen-bond acceptors (Lipinski definition) is 3. The minimum absolute atomic E-state index is 0.128. The van der Waals surface area contributed by atoms with Crippen LogP contribution in [0.5, 0.6) is 0 Å². The second-order valence-corrected chi connectivity index (χ2v) is 5.48. The zero-order chi connectivity index (χ0) is 12.2. The van der Waals surface area contributed by atoms with E-state index in [1.165, 1.54) is 11.3 Å². The quantitative estimate of drug-likeness (QED) is 0.529. The molecule has 6 heteroatoms. The van der Waals surface area contributed by atoms with Gasteiger partial charge in [-0.1, -0.05) is 0 Å². The van der Waals surface area contributed by atoms with Crippen LogP contribution in [0.4, 0.5) is 0 Å². The molecular weight excluding hydrogens is 242 g/mol. The average Bonchev–Trinajstić information content (AvgIpc) is 2.64. The molecule has 1 amide bonds. The van der Waals surface area contributed by atoms with Crippen LogP contribution >= 0.6 is 23.6 Å². The summed E-state index contributed by atoms with van der Waals surface area (Å²) in [4.78, 5) is 11.5. The number of hydrazine groups is 1. The molecule has 0 aromatic carbocycles. The van der Waals surface area contributed by atoms with Crippen molar-refractivity contribution in [2.24, 2.45) is 0 Å². The summed E-state index contributed by atoms with van der Waals surface area (Å²) in [5.41, 5.74) is 5.67. The normalized spacial score (nSPS) is 10.7. The van der Waals surface area contributed by atoms with Crippen molar-refractivity contribution < 1.29 is 4.79 Å². The van der Waals surface area contributed by atoms with Gasteiger partial charge in [0.1, 0.15) is 0 Å². The lowest BCUT2D eigenvalue weighted by molar-refractivity contribution is 0.0944. The van der Waals surface area contributed by atoms with Gasteiger partial charge in [0.25, 0.3) is 5.91 Å². The molecule has 0 bridgehead atoms. The zero-order valence-electron chi connectivity index (χ0n) is 9.46. The number of rotatable bonds is 1. The predicted octanol–water partition coefficient (Wildman–Crippen LogP) is 1.66. The maximum absolute atomic E-state index is 11.5. The molecule has 0 unspecified atom stereocenters. The van der Waals surface area contributed by atoms with Gasteiger partial charge in [-0.25, -0.2) is 0 Å². The Labute approximate surface area is 104 Å². The molecule has 1 heterocycles. The van der Waals surface area contributed by atoms with E-state index in [4.69, 9.17) is 12.2 Å². The van der Waals surface area contributed by atoms with Gasteiger partial charge in [0.05, 0.1) is 5.56 Å². The van der Waals surface area contributed by atoms with Crippen LogP contribution in [0, 0.1) is 0 Å². The van der Waals surface area contributed by atoms with E-state index < -0.39 is 0 Å². The molecule has 0 aliphatic heterocycles. The van der Waals surface area contributed by atoms with Crippen LogP contribution in [0.25, 0.3) is 0 Å². The maximum atomic E-state index is 11.5. The molecule has 0 spiro atoms. The third-order valence-electron chi connectivity index (χ3n) is 1.56. The lowest BCUT2D eigenvalue weighted by Crippen LogP contribution is -2.52. The molecule has 0 fully saturated rings. The van der Waals surface area contributed by atoms with Gasteiger partial charge in [-0.05, 0) is 44.4 Å². The molecule has 0 atom stereocenters. The van der Waals surface area contributed by atoms with E-state index in [1.807, 2.05) is 26.2 Å². The second kappa shape index (κ2) is 5.27. The topological polar surface area (TPSA) is 53.2 Å². The van der Waals surface area contributed by atoms with Crippen LogP contribution in [0.1, 0.15) is 31.1 Å². The maximum Gasteiger partial charge on any atom is 0.270 e. The number of thiocarbonyl (C=S) groups is 1. The summed E-state index contributed by atoms with van der Waals surface area (Å²) in [7, 11) is 0. The fraction of sp³-hybridized carbons (Fsp3) is 0.400. The van der Waals surface area contributed by atoms with Crippen molar-refractivity contribution >= 4 is 34.6 Å². The molecule has 1 aromatic rings. The molecular formula is C10H15N3OS2. The highest BCUT2D eigenvalue weighted by atomic mass is 32.1. The van der Waals surface area contributed by atoms with Gasteiger partial charge in [0.2, 0.25) is 0 Å². The van der Waals surface area contributed by atoms with E-state index in [-0.39, 0.29) is 11.4 Å². The minimum Gasteiger partial charge on any atom is -0.357 e. The van der Waals surface area contributed by atoms with Crippen LogP contribution in [0.15, 0.2) is 16.8 Å². The first-order valence-electron chi connectivity index (χ1n) is 4.79. The Morgan fingerprint density at radius 3 is 2.56 bits per heavy atom. The Bertz CT molecular complexity index is 368. The molecule has 0 saturated heterocycles. The number of carbonyl (C=O) groups is 1. The molecule has 88 valence electrons. The van der Waals surface area contributed by atoms with E-state index in [0.717, 1.165) is 0 Å². The Hall–Kier alpha value is -1.14. The van der Waals surface area contributed by atoms with Crippen molar-refractivity contribution in [2.45, 2.75) is 26.3 Å². The molecule has 4 nitrogen and oxygen atoms in total. The van der Waals surface area contributed by atoms with Gasteiger partial charge in [-0.15, -0.1) is 0 Å². The lowest BCUT2D eigenvalue weighted by Gasteiger charge is -2.22. The summed E-state index contributed by atoms with van der Waals surface area (Å²) < 4.78 is 0. The summed E-state index contributed by atoms with van der Waals surface area (Å²) in [5.74, 6) is -0.195. The Morgan fingerprint density at radius 1 is 1.38 bits per heavy atom. The predicted molar refractivity (Wildman–Crippen MR) is 70.4 cm³/mol. The molecule has 1 rings (SSSR count). The SMILES string of the molecule is CC(C)(C)NC(=S)NNC(=O)c1ccsc1. The summed E-state index contributed by atoms with van der Waals surface area (Å²) >= 11 is 6.49. The highest BCUT2D eigenvalue weighted by molar-refractivity contribution is 7.80. The lowest BCUT2D eigenvalue weighted by atomic mass is 10.1. The summed E-state index contributed by atoms with van der Waals surface area (Å²) in [6.45, 7) is 5.96. The van der Waals surface area contributed by atoms with Crippen LogP contribution in [0.3, 0.4) is 0 Å². The van der Waals surface area contributed by atoms with E-state index in [0.29, 0.717) is 10.7 Å². The highest BCUT2D eigenvalue weighted by Crippen LogP contribution is 2.04. The molecule has 0 aliphatic carbocycles. The number of hydrogen-bond donors (Lipinski definition) is 3. The van der Waals surface area contributed by atoms with Crippen molar-refractivity contribution in [1.82, 2.24) is 16.2 Å². The van der Waals surface area contributed by atoms with Crippen molar-refractivity contribution in [1.29, 1.82) is 0 Å². The number of amides is 1. The molecule has 1 aromatic heterocycles. The fourth-order valence-corrected chi connectivity index (χ4v) is 1.94. The third-order valence-corrected chi connectivity index (χ3v) is 2.45. The van der Waals surface area contributed by atoms with Gasteiger partial charge >= 0.3 is 0 Å². The highest BCUT2D eigenvalue weighted by Gasteiger charge is 2.11. The smallest absolute Gasteiger partial charge is 0.270 e. The molecule has 0 aliphatic rings. The van der Waals surface area contributed by atoms with E-state index >= 15 is 0 Å². The monoisotopic (exact) mass is 257 g/mol. The second-order valence-electron chi connectivity index (χ2n) is 4.30. The Balaban J connectivity index is 2.35. The van der Waals surface area contributed by atoms with Crippen LogP contribution < -0.4 is 16.2 Å². The van der Waals surface area contributed by atoms with Crippen LogP contribution in [-0.4, -0.2) is 16.6 Å². The molecule has 3 N–H and O–H groups in total. The number of carbonyl (C=O) groups excluding carboxylic acids is 1. The Morgan fingerprint density at radius 2 is 2.06 bits per heavy atom. The summed E-state index contributed by atoms with van der Waals surface area (Å²) in [5, 5.41) is 7.05. The number of thiophene rings is 1.